The van der Waals surface area contributed by atoms with E-state index in [1.807, 2.05) is 30.5 Å². The van der Waals surface area contributed by atoms with Crippen LogP contribution in [0.1, 0.15) is 0 Å². The molecule has 1 aromatic carbocycles. The van der Waals surface area contributed by atoms with E-state index in [0.29, 0.717) is 5.75 Å². The number of H-pyrrole nitrogens is 1. The number of rotatable bonds is 4. The molecule has 0 atom stereocenters. The first-order chi connectivity index (χ1) is 12.3. The van der Waals surface area contributed by atoms with E-state index in [1.165, 1.54) is 0 Å². The van der Waals surface area contributed by atoms with Crippen LogP contribution in [0.5, 0.6) is 11.5 Å². The smallest absolute Gasteiger partial charge is 0.137 e. The number of nitrogens with zero attached hydrogens (tertiary/aromatic N) is 3. The SMILES string of the molecule is COc1cncc(-c2ccc3[nH]nc(-c4cncc(OC)c4)c3c2)c1. The Morgan fingerprint density at radius 2 is 1.44 bits per heavy atom. The van der Waals surface area contributed by atoms with Crippen LogP contribution in [0.3, 0.4) is 0 Å². The van der Waals surface area contributed by atoms with Crippen molar-refractivity contribution < 1.29 is 9.47 Å². The lowest BCUT2D eigenvalue weighted by molar-refractivity contribution is 0.413. The minimum atomic E-state index is 0.696. The van der Waals surface area contributed by atoms with Crippen LogP contribution in [0.25, 0.3) is 33.3 Å². The van der Waals surface area contributed by atoms with Gasteiger partial charge in [-0.25, -0.2) is 0 Å². The number of nitrogens with one attached hydrogen (secondary N) is 1. The van der Waals surface area contributed by atoms with Crippen molar-refractivity contribution in [1.29, 1.82) is 0 Å². The van der Waals surface area contributed by atoms with Crippen LogP contribution in [0.4, 0.5) is 0 Å². The van der Waals surface area contributed by atoms with Crippen molar-refractivity contribution >= 4 is 10.9 Å². The largest absolute Gasteiger partial charge is 0.495 e. The molecule has 25 heavy (non-hydrogen) atoms. The number of hydrogen-bond donors (Lipinski definition) is 1. The van der Waals surface area contributed by atoms with Crippen LogP contribution in [-0.2, 0) is 0 Å². The maximum absolute atomic E-state index is 5.26. The summed E-state index contributed by atoms with van der Waals surface area (Å²) in [4.78, 5) is 8.44. The van der Waals surface area contributed by atoms with Crippen molar-refractivity contribution in [2.45, 2.75) is 0 Å². The molecule has 6 heteroatoms. The van der Waals surface area contributed by atoms with Crippen LogP contribution in [-0.4, -0.2) is 34.4 Å². The van der Waals surface area contributed by atoms with Crippen molar-refractivity contribution in [3.63, 3.8) is 0 Å². The highest BCUT2D eigenvalue weighted by molar-refractivity contribution is 5.95. The first-order valence-corrected chi connectivity index (χ1v) is 7.75. The molecule has 4 aromatic rings. The van der Waals surface area contributed by atoms with Gasteiger partial charge in [0.1, 0.15) is 17.2 Å². The van der Waals surface area contributed by atoms with Gasteiger partial charge in [-0.05, 0) is 29.8 Å². The molecule has 0 aliphatic rings. The minimum absolute atomic E-state index is 0.696. The number of aromatic nitrogens is 4. The molecule has 0 aliphatic carbocycles. The number of fused-ring (bicyclic) bond motifs is 1. The van der Waals surface area contributed by atoms with Crippen molar-refractivity contribution in [3.8, 4) is 33.9 Å². The molecule has 0 unspecified atom stereocenters. The monoisotopic (exact) mass is 332 g/mol. The first kappa shape index (κ1) is 15.1. The highest BCUT2D eigenvalue weighted by atomic mass is 16.5. The molecule has 0 saturated heterocycles. The Bertz CT molecular complexity index is 1040. The molecule has 124 valence electrons. The summed E-state index contributed by atoms with van der Waals surface area (Å²) in [5, 5.41) is 8.52. The van der Waals surface area contributed by atoms with Gasteiger partial charge in [0.25, 0.3) is 0 Å². The quantitative estimate of drug-likeness (QED) is 0.617. The van der Waals surface area contributed by atoms with E-state index in [1.54, 1.807) is 32.8 Å². The van der Waals surface area contributed by atoms with E-state index in [2.05, 4.69) is 26.2 Å². The molecule has 6 nitrogen and oxygen atoms in total. The van der Waals surface area contributed by atoms with Gasteiger partial charge in [-0.15, -0.1) is 0 Å². The van der Waals surface area contributed by atoms with E-state index in [0.717, 1.165) is 39.0 Å². The number of methoxy groups -OCH3 is 2. The highest BCUT2D eigenvalue weighted by Crippen LogP contribution is 2.32. The number of hydrogen-bond acceptors (Lipinski definition) is 5. The molecule has 0 amide bonds. The molecule has 0 radical (unpaired) electrons. The Morgan fingerprint density at radius 3 is 2.16 bits per heavy atom. The van der Waals surface area contributed by atoms with E-state index in [-0.39, 0.29) is 0 Å². The second-order valence-electron chi connectivity index (χ2n) is 5.56. The Balaban J connectivity index is 1.84. The molecule has 3 aromatic heterocycles. The van der Waals surface area contributed by atoms with E-state index in [9.17, 15) is 0 Å². The molecule has 0 fully saturated rings. The summed E-state index contributed by atoms with van der Waals surface area (Å²) in [5.74, 6) is 1.42. The Labute approximate surface area is 144 Å². The first-order valence-electron chi connectivity index (χ1n) is 7.75. The molecule has 0 saturated carbocycles. The molecular weight excluding hydrogens is 316 g/mol. The fraction of sp³-hybridized carbons (Fsp3) is 0.105. The Morgan fingerprint density at radius 1 is 0.760 bits per heavy atom. The summed E-state index contributed by atoms with van der Waals surface area (Å²) in [6.45, 7) is 0. The third kappa shape index (κ3) is 2.78. The van der Waals surface area contributed by atoms with Gasteiger partial charge in [0.05, 0.1) is 32.1 Å². The van der Waals surface area contributed by atoms with Crippen molar-refractivity contribution in [1.82, 2.24) is 20.2 Å². The second-order valence-corrected chi connectivity index (χ2v) is 5.56. The summed E-state index contributed by atoms with van der Waals surface area (Å²) in [6.07, 6.45) is 6.95. The van der Waals surface area contributed by atoms with Crippen LogP contribution >= 0.6 is 0 Å². The summed E-state index contributed by atoms with van der Waals surface area (Å²) >= 11 is 0. The normalized spacial score (nSPS) is 10.8. The summed E-state index contributed by atoms with van der Waals surface area (Å²) < 4.78 is 10.5. The van der Waals surface area contributed by atoms with Gasteiger partial charge in [-0.1, -0.05) is 6.07 Å². The lowest BCUT2D eigenvalue weighted by Crippen LogP contribution is -1.87. The standard InChI is InChI=1S/C19H16N4O2/c1-24-15-5-13(8-20-10-15)12-3-4-18-17(7-12)19(23-22-18)14-6-16(25-2)11-21-9-14/h3-11H,1-2H3,(H,22,23). The third-order valence-electron chi connectivity index (χ3n) is 4.07. The number of benzene rings is 1. The van der Waals surface area contributed by atoms with Gasteiger partial charge >= 0.3 is 0 Å². The van der Waals surface area contributed by atoms with E-state index < -0.39 is 0 Å². The average molecular weight is 332 g/mol. The highest BCUT2D eigenvalue weighted by Gasteiger charge is 2.11. The van der Waals surface area contributed by atoms with Crippen molar-refractivity contribution in [3.05, 3.63) is 55.1 Å². The van der Waals surface area contributed by atoms with Gasteiger partial charge < -0.3 is 9.47 Å². The molecule has 3 heterocycles. The summed E-state index contributed by atoms with van der Waals surface area (Å²) in [7, 11) is 3.26. The van der Waals surface area contributed by atoms with Crippen molar-refractivity contribution in [2.24, 2.45) is 0 Å². The van der Waals surface area contributed by atoms with Crippen molar-refractivity contribution in [2.75, 3.05) is 14.2 Å². The maximum Gasteiger partial charge on any atom is 0.137 e. The molecular formula is C19H16N4O2. The molecule has 0 bridgehead atoms. The maximum atomic E-state index is 5.26. The second kappa shape index (κ2) is 6.24. The van der Waals surface area contributed by atoms with Gasteiger partial charge in [0.2, 0.25) is 0 Å². The zero-order chi connectivity index (χ0) is 17.2. The molecule has 0 aliphatic heterocycles. The van der Waals surface area contributed by atoms with Crippen LogP contribution in [0.15, 0.2) is 55.1 Å². The van der Waals surface area contributed by atoms with Gasteiger partial charge in [-0.3, -0.25) is 15.1 Å². The molecule has 1 N–H and O–H groups in total. The average Bonchev–Trinajstić information content (AvgIpc) is 3.11. The van der Waals surface area contributed by atoms with Crippen LogP contribution in [0.2, 0.25) is 0 Å². The van der Waals surface area contributed by atoms with Gasteiger partial charge in [0.15, 0.2) is 0 Å². The van der Waals surface area contributed by atoms with Gasteiger partial charge in [0, 0.05) is 28.9 Å². The fourth-order valence-corrected chi connectivity index (χ4v) is 2.76. The van der Waals surface area contributed by atoms with Crippen LogP contribution in [0, 0.1) is 0 Å². The number of aromatic amines is 1. The fourth-order valence-electron chi connectivity index (χ4n) is 2.76. The van der Waals surface area contributed by atoms with Crippen LogP contribution < -0.4 is 9.47 Å². The van der Waals surface area contributed by atoms with E-state index in [4.69, 9.17) is 9.47 Å². The topological polar surface area (TPSA) is 72.9 Å². The molecule has 4 rings (SSSR count). The predicted molar refractivity (Wildman–Crippen MR) is 95.7 cm³/mol. The summed E-state index contributed by atoms with van der Waals surface area (Å²) in [5.41, 5.74) is 4.71. The molecule has 0 spiro atoms. The number of ether oxygens (including phenoxy) is 2. The Hall–Kier alpha value is -3.41. The van der Waals surface area contributed by atoms with Gasteiger partial charge in [-0.2, -0.15) is 5.10 Å². The number of pyridine rings is 2. The third-order valence-corrected chi connectivity index (χ3v) is 4.07. The minimum Gasteiger partial charge on any atom is -0.495 e. The zero-order valence-corrected chi connectivity index (χ0v) is 13.9. The zero-order valence-electron chi connectivity index (χ0n) is 13.9. The lowest BCUT2D eigenvalue weighted by atomic mass is 10.0. The predicted octanol–water partition coefficient (Wildman–Crippen LogP) is 3.70. The lowest BCUT2D eigenvalue weighted by Gasteiger charge is -2.05. The summed E-state index contributed by atoms with van der Waals surface area (Å²) in [6, 6.07) is 10.0. The van der Waals surface area contributed by atoms with E-state index >= 15 is 0 Å². The Kier molecular flexibility index (Phi) is 3.78.